The van der Waals surface area contributed by atoms with Crippen LogP contribution in [-0.2, 0) is 9.59 Å². The van der Waals surface area contributed by atoms with Gasteiger partial charge in [-0.2, -0.15) is 0 Å². The van der Waals surface area contributed by atoms with Crippen molar-refractivity contribution in [2.45, 2.75) is 31.8 Å². The molecule has 2 saturated heterocycles. The molecule has 2 fully saturated rings. The summed E-state index contributed by atoms with van der Waals surface area (Å²) in [6.07, 6.45) is 2.76. The number of likely N-dealkylation sites (tertiary alicyclic amines) is 1. The van der Waals surface area contributed by atoms with E-state index in [0.29, 0.717) is 12.8 Å². The van der Waals surface area contributed by atoms with Crippen LogP contribution in [0.4, 0.5) is 0 Å². The Kier molecular flexibility index (Phi) is 1.84. The van der Waals surface area contributed by atoms with E-state index in [2.05, 4.69) is 5.32 Å². The summed E-state index contributed by atoms with van der Waals surface area (Å²) in [5.41, 5.74) is 0. The number of hydrogen-bond donors (Lipinski definition) is 1. The molecule has 0 spiro atoms. The number of nitrogens with zero attached hydrogens (tertiary/aromatic N) is 1. The molecule has 0 aromatic rings. The molecule has 12 heavy (non-hydrogen) atoms. The highest BCUT2D eigenvalue weighted by atomic mass is 16.2. The molecule has 1 N–H and O–H groups in total. The Hall–Kier alpha value is -0.900. The molecule has 1 atom stereocenters. The number of hydrogen-bond acceptors (Lipinski definition) is 3. The van der Waals surface area contributed by atoms with Gasteiger partial charge in [-0.15, -0.1) is 0 Å². The van der Waals surface area contributed by atoms with E-state index >= 15 is 0 Å². The lowest BCUT2D eigenvalue weighted by Crippen LogP contribution is -2.44. The van der Waals surface area contributed by atoms with E-state index < -0.39 is 0 Å². The first-order valence-corrected chi connectivity index (χ1v) is 4.37. The lowest BCUT2D eigenvalue weighted by molar-refractivity contribution is -0.141. The third-order valence-corrected chi connectivity index (χ3v) is 2.44. The zero-order valence-corrected chi connectivity index (χ0v) is 6.88. The van der Waals surface area contributed by atoms with E-state index in [1.807, 2.05) is 0 Å². The van der Waals surface area contributed by atoms with Gasteiger partial charge in [-0.05, 0) is 19.4 Å². The fraction of sp³-hybridized carbons (Fsp3) is 0.750. The number of nitrogens with one attached hydrogen (secondary N) is 1. The van der Waals surface area contributed by atoms with Crippen molar-refractivity contribution in [3.05, 3.63) is 0 Å². The van der Waals surface area contributed by atoms with Crippen LogP contribution in [0.25, 0.3) is 0 Å². The van der Waals surface area contributed by atoms with Crippen LogP contribution in [0.5, 0.6) is 0 Å². The van der Waals surface area contributed by atoms with Crippen molar-refractivity contribution in [1.29, 1.82) is 0 Å². The van der Waals surface area contributed by atoms with E-state index in [9.17, 15) is 9.59 Å². The van der Waals surface area contributed by atoms with Crippen LogP contribution in [0.2, 0.25) is 0 Å². The fourth-order valence-electron chi connectivity index (χ4n) is 1.83. The van der Waals surface area contributed by atoms with Crippen LogP contribution >= 0.6 is 0 Å². The van der Waals surface area contributed by atoms with Gasteiger partial charge in [-0.3, -0.25) is 19.8 Å². The van der Waals surface area contributed by atoms with Gasteiger partial charge in [0.25, 0.3) is 0 Å². The number of rotatable bonds is 1. The number of imide groups is 1. The second-order valence-corrected chi connectivity index (χ2v) is 3.27. The largest absolute Gasteiger partial charge is 0.297 e. The van der Waals surface area contributed by atoms with Gasteiger partial charge in [0.15, 0.2) is 0 Å². The second-order valence-electron chi connectivity index (χ2n) is 3.27. The molecule has 2 aliphatic heterocycles. The first-order chi connectivity index (χ1) is 5.79. The van der Waals surface area contributed by atoms with Crippen LogP contribution < -0.4 is 5.32 Å². The summed E-state index contributed by atoms with van der Waals surface area (Å²) in [5, 5.41) is 3.14. The van der Waals surface area contributed by atoms with Crippen molar-refractivity contribution >= 4 is 11.8 Å². The fourth-order valence-corrected chi connectivity index (χ4v) is 1.83. The topological polar surface area (TPSA) is 49.4 Å². The van der Waals surface area contributed by atoms with Crippen LogP contribution in [0, 0.1) is 0 Å². The molecule has 0 radical (unpaired) electrons. The molecule has 2 amide bonds. The van der Waals surface area contributed by atoms with E-state index in [0.717, 1.165) is 19.4 Å². The number of carbonyl (C=O) groups excluding carboxylic acids is 2. The molecule has 0 aromatic heterocycles. The van der Waals surface area contributed by atoms with Crippen molar-refractivity contribution in [1.82, 2.24) is 10.2 Å². The van der Waals surface area contributed by atoms with Crippen molar-refractivity contribution in [2.24, 2.45) is 0 Å². The first-order valence-electron chi connectivity index (χ1n) is 4.37. The minimum absolute atomic E-state index is 0.00694. The lowest BCUT2D eigenvalue weighted by Gasteiger charge is -2.21. The van der Waals surface area contributed by atoms with Gasteiger partial charge >= 0.3 is 0 Å². The van der Waals surface area contributed by atoms with E-state index in [1.54, 1.807) is 0 Å². The normalized spacial score (nSPS) is 30.3. The molecular formula is C8H12N2O2. The highest BCUT2D eigenvalue weighted by molar-refractivity contribution is 6.02. The van der Waals surface area contributed by atoms with Gasteiger partial charge < -0.3 is 0 Å². The molecule has 0 bridgehead atoms. The highest BCUT2D eigenvalue weighted by Crippen LogP contribution is 2.19. The molecule has 0 aromatic carbocycles. The Morgan fingerprint density at radius 1 is 1.25 bits per heavy atom. The van der Waals surface area contributed by atoms with Crippen molar-refractivity contribution in [2.75, 3.05) is 6.54 Å². The molecule has 4 heteroatoms. The summed E-state index contributed by atoms with van der Waals surface area (Å²) in [5.74, 6) is -0.0289. The molecule has 66 valence electrons. The molecule has 1 unspecified atom stereocenters. The van der Waals surface area contributed by atoms with Crippen LogP contribution in [0.1, 0.15) is 25.7 Å². The van der Waals surface area contributed by atoms with Crippen molar-refractivity contribution < 1.29 is 9.59 Å². The number of amides is 2. The van der Waals surface area contributed by atoms with Crippen LogP contribution in [-0.4, -0.2) is 29.4 Å². The molecule has 2 rings (SSSR count). The average molecular weight is 168 g/mol. The predicted octanol–water partition coefficient (Wildman–Crippen LogP) is -0.155. The monoisotopic (exact) mass is 168 g/mol. The Morgan fingerprint density at radius 2 is 1.92 bits per heavy atom. The van der Waals surface area contributed by atoms with Crippen molar-refractivity contribution in [3.63, 3.8) is 0 Å². The summed E-state index contributed by atoms with van der Waals surface area (Å²) in [6, 6.07) is 0. The lowest BCUT2D eigenvalue weighted by atomic mass is 10.3. The van der Waals surface area contributed by atoms with Gasteiger partial charge in [0, 0.05) is 12.8 Å². The molecular weight excluding hydrogens is 156 g/mol. The minimum atomic E-state index is -0.0144. The van der Waals surface area contributed by atoms with Crippen LogP contribution in [0.3, 0.4) is 0 Å². The summed E-state index contributed by atoms with van der Waals surface area (Å²) >= 11 is 0. The third-order valence-electron chi connectivity index (χ3n) is 2.44. The Balaban J connectivity index is 2.09. The van der Waals surface area contributed by atoms with Gasteiger partial charge in [0.1, 0.15) is 0 Å². The quantitative estimate of drug-likeness (QED) is 0.554. The van der Waals surface area contributed by atoms with Crippen molar-refractivity contribution in [3.8, 4) is 0 Å². The van der Waals surface area contributed by atoms with E-state index in [4.69, 9.17) is 0 Å². The third kappa shape index (κ3) is 1.12. The molecule has 2 aliphatic rings. The summed E-state index contributed by atoms with van der Waals surface area (Å²) in [4.78, 5) is 23.9. The van der Waals surface area contributed by atoms with E-state index in [-0.39, 0.29) is 18.0 Å². The van der Waals surface area contributed by atoms with Gasteiger partial charge in [-0.25, -0.2) is 0 Å². The predicted molar refractivity (Wildman–Crippen MR) is 42.1 cm³/mol. The summed E-state index contributed by atoms with van der Waals surface area (Å²) in [7, 11) is 0. The Labute approximate surface area is 70.9 Å². The molecule has 2 heterocycles. The SMILES string of the molecule is O=C1CCC(=O)N1C1CCCN1. The maximum Gasteiger partial charge on any atom is 0.231 e. The van der Waals surface area contributed by atoms with Gasteiger partial charge in [0.05, 0.1) is 6.17 Å². The van der Waals surface area contributed by atoms with E-state index in [1.165, 1.54) is 4.90 Å². The minimum Gasteiger partial charge on any atom is -0.297 e. The highest BCUT2D eigenvalue weighted by Gasteiger charge is 2.35. The molecule has 0 saturated carbocycles. The summed E-state index contributed by atoms with van der Waals surface area (Å²) in [6.45, 7) is 0.918. The second kappa shape index (κ2) is 2.86. The Bertz CT molecular complexity index is 205. The molecule has 4 nitrogen and oxygen atoms in total. The maximum absolute atomic E-state index is 11.2. The number of carbonyl (C=O) groups is 2. The maximum atomic E-state index is 11.2. The van der Waals surface area contributed by atoms with Gasteiger partial charge in [0.2, 0.25) is 11.8 Å². The first kappa shape index (κ1) is 7.73. The standard InChI is InChI=1S/C8H12N2O2/c11-7-3-4-8(12)10(7)6-2-1-5-9-6/h6,9H,1-5H2. The molecule has 0 aliphatic carbocycles. The zero-order valence-electron chi connectivity index (χ0n) is 6.88. The van der Waals surface area contributed by atoms with Gasteiger partial charge in [-0.1, -0.05) is 0 Å². The average Bonchev–Trinajstić information content (AvgIpc) is 2.61. The summed E-state index contributed by atoms with van der Waals surface area (Å²) < 4.78 is 0. The smallest absolute Gasteiger partial charge is 0.231 e. The Morgan fingerprint density at radius 3 is 2.42 bits per heavy atom. The zero-order chi connectivity index (χ0) is 8.55. The van der Waals surface area contributed by atoms with Crippen LogP contribution in [0.15, 0.2) is 0 Å².